The number of aryl methyl sites for hydroxylation is 1. The Morgan fingerprint density at radius 3 is 2.76 bits per heavy atom. The second kappa shape index (κ2) is 8.96. The average Bonchev–Trinajstić information content (AvgIpc) is 2.69. The Kier molecular flexibility index (Phi) is 6.39. The van der Waals surface area contributed by atoms with Crippen LogP contribution in [0.25, 0.3) is 0 Å². The van der Waals surface area contributed by atoms with Crippen LogP contribution in [0.5, 0.6) is 11.5 Å². The van der Waals surface area contributed by atoms with E-state index >= 15 is 0 Å². The van der Waals surface area contributed by atoms with Crippen LogP contribution < -0.4 is 19.7 Å². The maximum Gasteiger partial charge on any atom is 0.265 e. The number of carbonyl (C=O) groups excluding carboxylic acids is 3. The van der Waals surface area contributed by atoms with Crippen LogP contribution in [-0.2, 0) is 9.59 Å². The number of nitrogens with one attached hydrogen (secondary N) is 1. The fourth-order valence-electron chi connectivity index (χ4n) is 2.90. The Hall–Kier alpha value is -3.06. The van der Waals surface area contributed by atoms with E-state index in [1.807, 2.05) is 13.0 Å². The monoisotopic (exact) mass is 416 g/mol. The summed E-state index contributed by atoms with van der Waals surface area (Å²) in [5.74, 6) is -0.0767. The standard InChI is InChI=1S/C21H21ClN2O5/c1-3-23-20(26)10-24-16-9-14(5-7-19(16)29-12-21(24)27)17(25)11-28-18-6-4-13(2)8-15(18)22/h4-9H,3,10-12H2,1-2H3,(H,23,26). The molecule has 0 aromatic heterocycles. The molecule has 29 heavy (non-hydrogen) atoms. The maximum atomic E-state index is 12.6. The van der Waals surface area contributed by atoms with Crippen LogP contribution in [0.3, 0.4) is 0 Å². The lowest BCUT2D eigenvalue weighted by Gasteiger charge is -2.29. The molecule has 3 rings (SSSR count). The van der Waals surface area contributed by atoms with Gasteiger partial charge < -0.3 is 14.8 Å². The Morgan fingerprint density at radius 2 is 2.03 bits per heavy atom. The average molecular weight is 417 g/mol. The van der Waals surface area contributed by atoms with Gasteiger partial charge in [-0.3, -0.25) is 19.3 Å². The molecule has 152 valence electrons. The van der Waals surface area contributed by atoms with Crippen molar-refractivity contribution in [2.45, 2.75) is 13.8 Å². The van der Waals surface area contributed by atoms with Crippen molar-refractivity contribution in [3.63, 3.8) is 0 Å². The third-order valence-corrected chi connectivity index (χ3v) is 4.64. The molecule has 1 aliphatic rings. The van der Waals surface area contributed by atoms with Crippen LogP contribution in [-0.4, -0.2) is 43.9 Å². The first-order chi connectivity index (χ1) is 13.9. The highest BCUT2D eigenvalue weighted by Gasteiger charge is 2.28. The number of rotatable bonds is 7. The highest BCUT2D eigenvalue weighted by Crippen LogP contribution is 2.33. The topological polar surface area (TPSA) is 84.9 Å². The van der Waals surface area contributed by atoms with Gasteiger partial charge in [-0.05, 0) is 49.7 Å². The molecule has 2 aromatic carbocycles. The summed E-state index contributed by atoms with van der Waals surface area (Å²) in [4.78, 5) is 38.1. The van der Waals surface area contributed by atoms with Gasteiger partial charge in [0.15, 0.2) is 19.0 Å². The first-order valence-electron chi connectivity index (χ1n) is 9.15. The molecule has 0 atom stereocenters. The predicted molar refractivity (Wildman–Crippen MR) is 109 cm³/mol. The van der Waals surface area contributed by atoms with E-state index in [4.69, 9.17) is 21.1 Å². The van der Waals surface area contributed by atoms with Crippen molar-refractivity contribution in [3.8, 4) is 11.5 Å². The number of ether oxygens (including phenoxy) is 2. The molecule has 2 amide bonds. The van der Waals surface area contributed by atoms with E-state index in [1.165, 1.54) is 11.0 Å². The molecule has 0 radical (unpaired) electrons. The third kappa shape index (κ3) is 4.86. The molecule has 7 nitrogen and oxygen atoms in total. The van der Waals surface area contributed by atoms with Crippen LogP contribution in [0, 0.1) is 6.92 Å². The molecular formula is C21H21ClN2O5. The molecule has 0 unspecified atom stereocenters. The van der Waals surface area contributed by atoms with Gasteiger partial charge in [0.25, 0.3) is 5.91 Å². The molecule has 0 spiro atoms. The number of halogens is 1. The molecule has 1 N–H and O–H groups in total. The molecule has 0 aliphatic carbocycles. The quantitative estimate of drug-likeness (QED) is 0.701. The van der Waals surface area contributed by atoms with Gasteiger partial charge in [-0.15, -0.1) is 0 Å². The number of hydrogen-bond acceptors (Lipinski definition) is 5. The zero-order valence-electron chi connectivity index (χ0n) is 16.2. The van der Waals surface area contributed by atoms with E-state index in [1.54, 1.807) is 31.2 Å². The number of benzene rings is 2. The summed E-state index contributed by atoms with van der Waals surface area (Å²) in [5.41, 5.74) is 1.71. The fourth-order valence-corrected chi connectivity index (χ4v) is 3.18. The zero-order chi connectivity index (χ0) is 21.0. The Bertz CT molecular complexity index is 960. The number of fused-ring (bicyclic) bond motifs is 1. The van der Waals surface area contributed by atoms with Crippen molar-refractivity contribution in [1.82, 2.24) is 5.32 Å². The lowest BCUT2D eigenvalue weighted by molar-refractivity contribution is -0.125. The number of amides is 2. The number of hydrogen-bond donors (Lipinski definition) is 1. The SMILES string of the molecule is CCNC(=O)CN1C(=O)COc2ccc(C(=O)COc3ccc(C)cc3Cl)cc21. The summed E-state index contributed by atoms with van der Waals surface area (Å²) >= 11 is 6.13. The largest absolute Gasteiger partial charge is 0.484 e. The number of anilines is 1. The first-order valence-corrected chi connectivity index (χ1v) is 9.53. The number of nitrogens with zero attached hydrogens (tertiary/aromatic N) is 1. The van der Waals surface area contributed by atoms with Gasteiger partial charge in [0, 0.05) is 12.1 Å². The van der Waals surface area contributed by atoms with E-state index in [2.05, 4.69) is 5.32 Å². The van der Waals surface area contributed by atoms with Crippen LogP contribution in [0.2, 0.25) is 5.02 Å². The van der Waals surface area contributed by atoms with Crippen LogP contribution in [0.1, 0.15) is 22.8 Å². The van der Waals surface area contributed by atoms with Gasteiger partial charge in [-0.1, -0.05) is 17.7 Å². The lowest BCUT2D eigenvalue weighted by atomic mass is 10.1. The predicted octanol–water partition coefficient (Wildman–Crippen LogP) is 2.77. The molecule has 2 aromatic rings. The molecule has 0 saturated heterocycles. The van der Waals surface area contributed by atoms with Crippen molar-refractivity contribution in [2.24, 2.45) is 0 Å². The Balaban J connectivity index is 1.77. The van der Waals surface area contributed by atoms with Gasteiger partial charge in [0.05, 0.1) is 10.7 Å². The minimum Gasteiger partial charge on any atom is -0.484 e. The maximum absolute atomic E-state index is 12.6. The van der Waals surface area contributed by atoms with E-state index in [-0.39, 0.29) is 37.4 Å². The highest BCUT2D eigenvalue weighted by atomic mass is 35.5. The van der Waals surface area contributed by atoms with Gasteiger partial charge in [0.1, 0.15) is 18.0 Å². The summed E-state index contributed by atoms with van der Waals surface area (Å²) in [6.07, 6.45) is 0. The minimum absolute atomic E-state index is 0.143. The Morgan fingerprint density at radius 1 is 1.24 bits per heavy atom. The van der Waals surface area contributed by atoms with Crippen LogP contribution in [0.4, 0.5) is 5.69 Å². The summed E-state index contributed by atoms with van der Waals surface area (Å²) in [6.45, 7) is 3.65. The zero-order valence-corrected chi connectivity index (χ0v) is 16.9. The summed E-state index contributed by atoms with van der Waals surface area (Å²) in [6, 6.07) is 10.0. The van der Waals surface area contributed by atoms with Gasteiger partial charge >= 0.3 is 0 Å². The molecule has 0 saturated carbocycles. The number of likely N-dealkylation sites (N-methyl/N-ethyl adjacent to an activating group) is 1. The lowest BCUT2D eigenvalue weighted by Crippen LogP contribution is -2.45. The second-order valence-corrected chi connectivity index (χ2v) is 6.96. The van der Waals surface area contributed by atoms with Crippen molar-refractivity contribution >= 4 is 34.9 Å². The van der Waals surface area contributed by atoms with E-state index in [0.717, 1.165) is 5.56 Å². The summed E-state index contributed by atoms with van der Waals surface area (Å²) in [7, 11) is 0. The normalized spacial score (nSPS) is 12.8. The molecule has 0 fully saturated rings. The second-order valence-electron chi connectivity index (χ2n) is 6.55. The van der Waals surface area contributed by atoms with E-state index < -0.39 is 0 Å². The molecule has 8 heteroatoms. The van der Waals surface area contributed by atoms with Crippen molar-refractivity contribution in [3.05, 3.63) is 52.5 Å². The minimum atomic E-state index is -0.351. The van der Waals surface area contributed by atoms with Gasteiger partial charge in [-0.25, -0.2) is 0 Å². The van der Waals surface area contributed by atoms with Crippen molar-refractivity contribution in [1.29, 1.82) is 0 Å². The van der Waals surface area contributed by atoms with Gasteiger partial charge in [-0.2, -0.15) is 0 Å². The molecule has 1 heterocycles. The van der Waals surface area contributed by atoms with Crippen LogP contribution in [0.15, 0.2) is 36.4 Å². The molecular weight excluding hydrogens is 396 g/mol. The van der Waals surface area contributed by atoms with E-state index in [9.17, 15) is 14.4 Å². The summed E-state index contributed by atoms with van der Waals surface area (Å²) < 4.78 is 11.0. The fraction of sp³-hybridized carbons (Fsp3) is 0.286. The first kappa shape index (κ1) is 20.7. The highest BCUT2D eigenvalue weighted by molar-refractivity contribution is 6.32. The number of Topliss-reactive ketones (excluding diaryl/α,β-unsaturated/α-hetero) is 1. The van der Waals surface area contributed by atoms with Crippen molar-refractivity contribution < 1.29 is 23.9 Å². The summed E-state index contributed by atoms with van der Waals surface area (Å²) in [5, 5.41) is 3.08. The molecule has 0 bridgehead atoms. The van der Waals surface area contributed by atoms with Crippen molar-refractivity contribution in [2.75, 3.05) is 31.2 Å². The third-order valence-electron chi connectivity index (χ3n) is 4.35. The van der Waals surface area contributed by atoms with E-state index in [0.29, 0.717) is 34.3 Å². The van der Waals surface area contributed by atoms with Crippen LogP contribution >= 0.6 is 11.6 Å². The smallest absolute Gasteiger partial charge is 0.265 e. The molecule has 1 aliphatic heterocycles. The number of carbonyl (C=O) groups is 3. The number of ketones is 1. The van der Waals surface area contributed by atoms with Gasteiger partial charge in [0.2, 0.25) is 5.91 Å². The Labute approximate surface area is 173 Å².